The van der Waals surface area contributed by atoms with Gasteiger partial charge in [0, 0.05) is 19.6 Å². The van der Waals surface area contributed by atoms with E-state index in [9.17, 15) is 13.2 Å². The van der Waals surface area contributed by atoms with E-state index in [-0.39, 0.29) is 17.1 Å². The van der Waals surface area contributed by atoms with Gasteiger partial charge in [0.2, 0.25) is 10.0 Å². The molecule has 8 heteroatoms. The topological polar surface area (TPSA) is 84.9 Å². The van der Waals surface area contributed by atoms with Gasteiger partial charge < -0.3 is 9.47 Å². The van der Waals surface area contributed by atoms with Crippen LogP contribution in [0.4, 0.5) is 0 Å². The number of nitrogens with one attached hydrogen (secondary N) is 1. The first-order valence-corrected chi connectivity index (χ1v) is 9.86. The van der Waals surface area contributed by atoms with Crippen molar-refractivity contribution in [3.63, 3.8) is 0 Å². The summed E-state index contributed by atoms with van der Waals surface area (Å²) in [7, 11) is -2.30. The number of nitrogens with zero attached hydrogens (tertiary/aromatic N) is 1. The second-order valence-corrected chi connectivity index (χ2v) is 8.05. The van der Waals surface area contributed by atoms with E-state index in [1.54, 1.807) is 0 Å². The van der Waals surface area contributed by atoms with Crippen LogP contribution in [0.3, 0.4) is 0 Å². The van der Waals surface area contributed by atoms with E-state index in [0.717, 1.165) is 26.1 Å². The van der Waals surface area contributed by atoms with E-state index in [0.29, 0.717) is 12.1 Å². The van der Waals surface area contributed by atoms with Crippen molar-refractivity contribution in [3.8, 4) is 0 Å². The maximum Gasteiger partial charge on any atom is 0.337 e. The van der Waals surface area contributed by atoms with Crippen molar-refractivity contribution >= 4 is 16.0 Å². The molecule has 0 aliphatic carbocycles. The number of hydrogen-bond donors (Lipinski definition) is 1. The highest BCUT2D eigenvalue weighted by Crippen LogP contribution is 2.12. The van der Waals surface area contributed by atoms with E-state index >= 15 is 0 Å². The van der Waals surface area contributed by atoms with Crippen LogP contribution in [-0.4, -0.2) is 64.8 Å². The molecule has 1 N–H and O–H groups in total. The molecule has 2 unspecified atom stereocenters. The van der Waals surface area contributed by atoms with Crippen molar-refractivity contribution in [1.29, 1.82) is 0 Å². The zero-order chi connectivity index (χ0) is 18.4. The number of esters is 1. The molecular formula is C17H26N2O5S. The van der Waals surface area contributed by atoms with Crippen LogP contribution in [-0.2, 0) is 19.5 Å². The molecule has 2 rings (SSSR count). The third-order valence-corrected chi connectivity index (χ3v) is 5.50. The predicted octanol–water partition coefficient (Wildman–Crippen LogP) is 1.25. The van der Waals surface area contributed by atoms with Crippen molar-refractivity contribution in [1.82, 2.24) is 9.62 Å². The summed E-state index contributed by atoms with van der Waals surface area (Å²) < 4.78 is 37.4. The molecule has 140 valence electrons. The number of carbonyl (C=O) groups excluding carboxylic acids is 1. The van der Waals surface area contributed by atoms with Crippen molar-refractivity contribution in [2.45, 2.75) is 37.4 Å². The number of rotatable bonds is 7. The summed E-state index contributed by atoms with van der Waals surface area (Å²) in [4.78, 5) is 13.8. The first-order chi connectivity index (χ1) is 11.8. The Kier molecular flexibility index (Phi) is 6.95. The van der Waals surface area contributed by atoms with E-state index in [1.165, 1.54) is 31.4 Å². The molecule has 0 amide bonds. The number of sulfonamides is 1. The van der Waals surface area contributed by atoms with Crippen LogP contribution in [0, 0.1) is 0 Å². The molecule has 7 nitrogen and oxygen atoms in total. The zero-order valence-corrected chi connectivity index (χ0v) is 15.7. The number of ether oxygens (including phenoxy) is 2. The summed E-state index contributed by atoms with van der Waals surface area (Å²) in [6.07, 6.45) is 1.13. The fourth-order valence-electron chi connectivity index (χ4n) is 2.95. The van der Waals surface area contributed by atoms with Gasteiger partial charge in [-0.15, -0.1) is 0 Å². The average Bonchev–Trinajstić information content (AvgIpc) is 2.57. The van der Waals surface area contributed by atoms with E-state index < -0.39 is 16.0 Å². The zero-order valence-electron chi connectivity index (χ0n) is 14.9. The van der Waals surface area contributed by atoms with E-state index in [2.05, 4.69) is 14.4 Å². The average molecular weight is 370 g/mol. The molecule has 1 aliphatic rings. The largest absolute Gasteiger partial charge is 0.465 e. The molecule has 2 atom stereocenters. The number of benzene rings is 1. The van der Waals surface area contributed by atoms with Crippen LogP contribution in [0.15, 0.2) is 29.2 Å². The van der Waals surface area contributed by atoms with Crippen molar-refractivity contribution in [2.24, 2.45) is 0 Å². The first kappa shape index (κ1) is 19.8. The van der Waals surface area contributed by atoms with Gasteiger partial charge in [-0.25, -0.2) is 17.9 Å². The molecule has 1 aromatic carbocycles. The van der Waals surface area contributed by atoms with Crippen molar-refractivity contribution in [3.05, 3.63) is 29.8 Å². The highest BCUT2D eigenvalue weighted by atomic mass is 32.2. The molecule has 0 aromatic heterocycles. The predicted molar refractivity (Wildman–Crippen MR) is 94.0 cm³/mol. The highest BCUT2D eigenvalue weighted by molar-refractivity contribution is 7.89. The van der Waals surface area contributed by atoms with Gasteiger partial charge in [0.05, 0.1) is 29.8 Å². The fraction of sp³-hybridized carbons (Fsp3) is 0.588. The van der Waals surface area contributed by atoms with Crippen molar-refractivity contribution in [2.75, 3.05) is 33.3 Å². The quantitative estimate of drug-likeness (QED) is 0.574. The summed E-state index contributed by atoms with van der Waals surface area (Å²) >= 11 is 0. The van der Waals surface area contributed by atoms with Gasteiger partial charge in [0.25, 0.3) is 0 Å². The maximum absolute atomic E-state index is 12.3. The van der Waals surface area contributed by atoms with Crippen LogP contribution in [0.25, 0.3) is 0 Å². The molecule has 0 saturated carbocycles. The molecule has 1 heterocycles. The van der Waals surface area contributed by atoms with Gasteiger partial charge >= 0.3 is 5.97 Å². The Bertz CT molecular complexity index is 665. The van der Waals surface area contributed by atoms with Crippen molar-refractivity contribution < 1.29 is 22.7 Å². The van der Waals surface area contributed by atoms with Gasteiger partial charge in [0.1, 0.15) is 0 Å². The Morgan fingerprint density at radius 1 is 1.24 bits per heavy atom. The van der Waals surface area contributed by atoms with Gasteiger partial charge in [-0.05, 0) is 51.1 Å². The molecular weight excluding hydrogens is 344 g/mol. The first-order valence-electron chi connectivity index (χ1n) is 8.37. The van der Waals surface area contributed by atoms with Crippen LogP contribution in [0.2, 0.25) is 0 Å². The molecule has 1 aromatic rings. The molecule has 1 aliphatic heterocycles. The van der Waals surface area contributed by atoms with Crippen LogP contribution < -0.4 is 4.72 Å². The maximum atomic E-state index is 12.3. The van der Waals surface area contributed by atoms with Crippen LogP contribution in [0.5, 0.6) is 0 Å². The minimum atomic E-state index is -3.58. The summed E-state index contributed by atoms with van der Waals surface area (Å²) in [5.74, 6) is -0.495. The lowest BCUT2D eigenvalue weighted by Gasteiger charge is -2.35. The van der Waals surface area contributed by atoms with Gasteiger partial charge in [-0.3, -0.25) is 4.90 Å². The molecule has 0 radical (unpaired) electrons. The standard InChI is InChI=1S/C17H26N2O5S/c1-13-11-19(12-14(2)24-13)10-4-9-18-25(21,22)16-7-5-15(6-8-16)17(20)23-3/h5-8,13-14,18H,4,9-12H2,1-3H3. The third-order valence-electron chi connectivity index (χ3n) is 4.02. The Labute approximate surface area is 149 Å². The number of methoxy groups -OCH3 is 1. The van der Waals surface area contributed by atoms with E-state index in [4.69, 9.17) is 4.74 Å². The lowest BCUT2D eigenvalue weighted by Crippen LogP contribution is -2.46. The van der Waals surface area contributed by atoms with Gasteiger partial charge in [0.15, 0.2) is 0 Å². The minimum Gasteiger partial charge on any atom is -0.465 e. The third kappa shape index (κ3) is 5.78. The molecule has 25 heavy (non-hydrogen) atoms. The second-order valence-electron chi connectivity index (χ2n) is 6.28. The normalized spacial score (nSPS) is 21.9. The smallest absolute Gasteiger partial charge is 0.337 e. The Morgan fingerprint density at radius 2 is 1.84 bits per heavy atom. The van der Waals surface area contributed by atoms with Crippen LogP contribution in [0.1, 0.15) is 30.6 Å². The minimum absolute atomic E-state index is 0.133. The summed E-state index contributed by atoms with van der Waals surface area (Å²) in [6.45, 7) is 7.01. The Morgan fingerprint density at radius 3 is 2.40 bits per heavy atom. The summed E-state index contributed by atoms with van der Waals surface area (Å²) in [5, 5.41) is 0. The van der Waals surface area contributed by atoms with E-state index in [1.807, 2.05) is 13.8 Å². The lowest BCUT2D eigenvalue weighted by atomic mass is 10.2. The Hall–Kier alpha value is -1.48. The fourth-order valence-corrected chi connectivity index (χ4v) is 4.02. The summed E-state index contributed by atoms with van der Waals surface area (Å²) in [5.41, 5.74) is 0.317. The number of hydrogen-bond acceptors (Lipinski definition) is 6. The lowest BCUT2D eigenvalue weighted by molar-refractivity contribution is -0.0679. The number of carbonyl (C=O) groups is 1. The SMILES string of the molecule is COC(=O)c1ccc(S(=O)(=O)NCCCN2CC(C)OC(C)C2)cc1. The summed E-state index contributed by atoms with van der Waals surface area (Å²) in [6, 6.07) is 5.69. The highest BCUT2D eigenvalue weighted by Gasteiger charge is 2.21. The molecule has 0 spiro atoms. The second kappa shape index (κ2) is 8.75. The van der Waals surface area contributed by atoms with Gasteiger partial charge in [-0.1, -0.05) is 0 Å². The molecule has 0 bridgehead atoms. The Balaban J connectivity index is 1.82. The molecule has 1 saturated heterocycles. The van der Waals surface area contributed by atoms with Gasteiger partial charge in [-0.2, -0.15) is 0 Å². The monoisotopic (exact) mass is 370 g/mol. The number of morpholine rings is 1. The van der Waals surface area contributed by atoms with Crippen LogP contribution >= 0.6 is 0 Å². The molecule has 1 fully saturated rings.